The van der Waals surface area contributed by atoms with Crippen molar-refractivity contribution >= 4 is 22.9 Å². The summed E-state index contributed by atoms with van der Waals surface area (Å²) >= 11 is 1.67. The lowest BCUT2D eigenvalue weighted by molar-refractivity contribution is -0.119. The Hall–Kier alpha value is -2.05. The summed E-state index contributed by atoms with van der Waals surface area (Å²) in [6.45, 7) is 8.28. The largest absolute Gasteiger partial charge is 0.486 e. The molecule has 0 aliphatic carbocycles. The molecule has 1 aliphatic rings. The Morgan fingerprint density at radius 2 is 1.81 bits per heavy atom. The molecule has 146 valence electrons. The van der Waals surface area contributed by atoms with Gasteiger partial charge < -0.3 is 14.4 Å². The molecule has 2 aromatic rings. The molecule has 0 N–H and O–H groups in total. The fraction of sp³-hybridized carbons (Fsp3) is 0.476. The lowest BCUT2D eigenvalue weighted by atomic mass is 10.2. The van der Waals surface area contributed by atoms with Gasteiger partial charge in [-0.15, -0.1) is 11.3 Å². The Kier molecular flexibility index (Phi) is 7.12. The van der Waals surface area contributed by atoms with E-state index < -0.39 is 0 Å². The Morgan fingerprint density at radius 1 is 1.07 bits per heavy atom. The van der Waals surface area contributed by atoms with Crippen LogP contribution in [0.25, 0.3) is 0 Å². The summed E-state index contributed by atoms with van der Waals surface area (Å²) in [5, 5.41) is 2.04. The number of carbonyl (C=O) groups is 1. The Morgan fingerprint density at radius 3 is 2.48 bits per heavy atom. The lowest BCUT2D eigenvalue weighted by Gasteiger charge is -2.28. The zero-order chi connectivity index (χ0) is 19.1. The number of rotatable bonds is 9. The van der Waals surface area contributed by atoms with Crippen molar-refractivity contribution in [3.63, 3.8) is 0 Å². The average Bonchev–Trinajstić information content (AvgIpc) is 3.19. The van der Waals surface area contributed by atoms with Crippen LogP contribution in [0.1, 0.15) is 31.6 Å². The van der Waals surface area contributed by atoms with Gasteiger partial charge in [-0.3, -0.25) is 9.69 Å². The van der Waals surface area contributed by atoms with Crippen LogP contribution >= 0.6 is 11.3 Å². The molecule has 3 rings (SSSR count). The monoisotopic (exact) mass is 388 g/mol. The second-order valence-electron chi connectivity index (χ2n) is 6.66. The number of fused-ring (bicyclic) bond motifs is 1. The number of benzene rings is 1. The third kappa shape index (κ3) is 5.23. The van der Waals surface area contributed by atoms with Gasteiger partial charge in [-0.1, -0.05) is 19.9 Å². The van der Waals surface area contributed by atoms with E-state index in [-0.39, 0.29) is 5.91 Å². The van der Waals surface area contributed by atoms with Crippen LogP contribution in [0, 0.1) is 0 Å². The molecule has 2 heterocycles. The molecule has 0 radical (unpaired) electrons. The summed E-state index contributed by atoms with van der Waals surface area (Å²) < 4.78 is 11.3. The van der Waals surface area contributed by atoms with E-state index in [2.05, 4.69) is 24.8 Å². The number of hydrogen-bond donors (Lipinski definition) is 0. The maximum atomic E-state index is 13.2. The second-order valence-corrected chi connectivity index (χ2v) is 7.70. The van der Waals surface area contributed by atoms with Gasteiger partial charge in [0.05, 0.1) is 13.1 Å². The first kappa shape index (κ1) is 19.7. The summed E-state index contributed by atoms with van der Waals surface area (Å²) in [6.07, 6.45) is 2.09. The third-order valence-electron chi connectivity index (χ3n) is 4.47. The van der Waals surface area contributed by atoms with Crippen LogP contribution in [0.5, 0.6) is 11.5 Å². The van der Waals surface area contributed by atoms with Crippen LogP contribution in [0.2, 0.25) is 0 Å². The molecule has 0 atom stereocenters. The van der Waals surface area contributed by atoms with Crippen LogP contribution in [-0.4, -0.2) is 43.7 Å². The number of hydrogen-bond acceptors (Lipinski definition) is 5. The minimum Gasteiger partial charge on any atom is -0.486 e. The van der Waals surface area contributed by atoms with Gasteiger partial charge in [0.15, 0.2) is 11.5 Å². The van der Waals surface area contributed by atoms with E-state index in [1.54, 1.807) is 11.3 Å². The van der Waals surface area contributed by atoms with Crippen LogP contribution in [0.3, 0.4) is 0 Å². The summed E-state index contributed by atoms with van der Waals surface area (Å²) in [5.41, 5.74) is 0.852. The fourth-order valence-electron chi connectivity index (χ4n) is 3.26. The first-order valence-electron chi connectivity index (χ1n) is 9.66. The molecular weight excluding hydrogens is 360 g/mol. The predicted octanol–water partition coefficient (Wildman–Crippen LogP) is 4.17. The van der Waals surface area contributed by atoms with Crippen LogP contribution in [-0.2, 0) is 11.3 Å². The fourth-order valence-corrected chi connectivity index (χ4v) is 3.95. The molecule has 0 spiro atoms. The molecule has 0 fully saturated rings. The minimum atomic E-state index is 0.113. The zero-order valence-electron chi connectivity index (χ0n) is 16.1. The summed E-state index contributed by atoms with van der Waals surface area (Å²) in [5.74, 6) is 1.57. The highest BCUT2D eigenvalue weighted by Gasteiger charge is 2.22. The molecule has 0 saturated heterocycles. The van der Waals surface area contributed by atoms with Gasteiger partial charge in [-0.25, -0.2) is 0 Å². The summed E-state index contributed by atoms with van der Waals surface area (Å²) in [6, 6.07) is 9.85. The normalized spacial score (nSPS) is 13.0. The smallest absolute Gasteiger partial charge is 0.241 e. The van der Waals surface area contributed by atoms with E-state index in [4.69, 9.17) is 9.47 Å². The van der Waals surface area contributed by atoms with E-state index in [0.717, 1.165) is 42.2 Å². The number of anilines is 1. The molecule has 0 saturated carbocycles. The van der Waals surface area contributed by atoms with Gasteiger partial charge >= 0.3 is 0 Å². The average molecular weight is 389 g/mol. The first-order chi connectivity index (χ1) is 13.2. The number of nitrogens with zero attached hydrogens (tertiary/aromatic N) is 2. The number of ether oxygens (including phenoxy) is 2. The highest BCUT2D eigenvalue weighted by molar-refractivity contribution is 7.09. The second kappa shape index (κ2) is 9.76. The molecule has 0 unspecified atom stereocenters. The van der Waals surface area contributed by atoms with E-state index >= 15 is 0 Å². The van der Waals surface area contributed by atoms with Crippen LogP contribution < -0.4 is 14.4 Å². The Labute approximate surface area is 165 Å². The van der Waals surface area contributed by atoms with Gasteiger partial charge in [0.25, 0.3) is 0 Å². The Balaban J connectivity index is 1.83. The van der Waals surface area contributed by atoms with Crippen molar-refractivity contribution in [2.24, 2.45) is 0 Å². The minimum absolute atomic E-state index is 0.113. The third-order valence-corrected chi connectivity index (χ3v) is 5.33. The van der Waals surface area contributed by atoms with Gasteiger partial charge in [0, 0.05) is 16.6 Å². The SMILES string of the molecule is CCCN(CCC)CC(=O)N(Cc1cccs1)c1ccc2c(c1)OCCO2. The van der Waals surface area contributed by atoms with E-state index in [1.807, 2.05) is 34.5 Å². The highest BCUT2D eigenvalue weighted by Crippen LogP contribution is 2.34. The van der Waals surface area contributed by atoms with Crippen LogP contribution in [0.4, 0.5) is 5.69 Å². The Bertz CT molecular complexity index is 727. The van der Waals surface area contributed by atoms with Gasteiger partial charge in [0.2, 0.25) is 5.91 Å². The maximum absolute atomic E-state index is 13.2. The van der Waals surface area contributed by atoms with E-state index in [0.29, 0.717) is 32.1 Å². The molecule has 1 aromatic carbocycles. The number of amides is 1. The van der Waals surface area contributed by atoms with Crippen molar-refractivity contribution in [3.05, 3.63) is 40.6 Å². The standard InChI is InChI=1S/C21H28N2O3S/c1-3-9-22(10-4-2)16-21(24)23(15-18-6-5-13-27-18)17-7-8-19-20(14-17)26-12-11-25-19/h5-8,13-14H,3-4,9-12,15-16H2,1-2H3. The zero-order valence-corrected chi connectivity index (χ0v) is 17.0. The van der Waals surface area contributed by atoms with Crippen molar-refractivity contribution < 1.29 is 14.3 Å². The molecule has 1 aliphatic heterocycles. The summed E-state index contributed by atoms with van der Waals surface area (Å²) in [7, 11) is 0. The lowest BCUT2D eigenvalue weighted by Crippen LogP contribution is -2.40. The van der Waals surface area contributed by atoms with Crippen molar-refractivity contribution in [3.8, 4) is 11.5 Å². The predicted molar refractivity (Wildman–Crippen MR) is 110 cm³/mol. The molecular formula is C21H28N2O3S. The van der Waals surface area contributed by atoms with Gasteiger partial charge in [-0.05, 0) is 49.5 Å². The quantitative estimate of drug-likeness (QED) is 0.646. The van der Waals surface area contributed by atoms with Crippen molar-refractivity contribution in [2.75, 3.05) is 37.7 Å². The molecule has 1 aromatic heterocycles. The van der Waals surface area contributed by atoms with Gasteiger partial charge in [0.1, 0.15) is 13.2 Å². The summed E-state index contributed by atoms with van der Waals surface area (Å²) in [4.78, 5) is 18.5. The van der Waals surface area contributed by atoms with Gasteiger partial charge in [-0.2, -0.15) is 0 Å². The van der Waals surface area contributed by atoms with Crippen molar-refractivity contribution in [1.82, 2.24) is 4.90 Å². The molecule has 5 nitrogen and oxygen atoms in total. The van der Waals surface area contributed by atoms with E-state index in [1.165, 1.54) is 0 Å². The maximum Gasteiger partial charge on any atom is 0.241 e. The van der Waals surface area contributed by atoms with Crippen molar-refractivity contribution in [1.29, 1.82) is 0 Å². The first-order valence-corrected chi connectivity index (χ1v) is 10.5. The van der Waals surface area contributed by atoms with Crippen LogP contribution in [0.15, 0.2) is 35.7 Å². The van der Waals surface area contributed by atoms with E-state index in [9.17, 15) is 4.79 Å². The highest BCUT2D eigenvalue weighted by atomic mass is 32.1. The topological polar surface area (TPSA) is 42.0 Å². The molecule has 6 heteroatoms. The van der Waals surface area contributed by atoms with Crippen molar-refractivity contribution in [2.45, 2.75) is 33.2 Å². The number of carbonyl (C=O) groups excluding carboxylic acids is 1. The molecule has 0 bridgehead atoms. The molecule has 1 amide bonds. The molecule has 27 heavy (non-hydrogen) atoms. The number of thiophene rings is 1.